The first-order chi connectivity index (χ1) is 34.1. The number of unbranched alkanes of at least 4 members (excludes halogenated alkanes) is 15. The van der Waals surface area contributed by atoms with E-state index < -0.39 is 89.8 Å². The molecular formula is C50H83N3O16P2. The predicted octanol–water partition coefficient (Wildman–Crippen LogP) is 9.30. The Kier molecular flexibility index (Phi) is 34.1. The molecule has 0 bridgehead atoms. The molecule has 0 spiro atoms. The molecule has 1 fully saturated rings. The minimum absolute atomic E-state index is 0.0142. The van der Waals surface area contributed by atoms with Gasteiger partial charge in [0.2, 0.25) is 0 Å². The molecule has 0 aliphatic carbocycles. The molecular weight excluding hydrogens is 961 g/mol. The molecule has 1 aromatic rings. The number of esters is 2. The molecule has 1 aromatic heterocycles. The topological polar surface area (TPSA) is 286 Å². The van der Waals surface area contributed by atoms with Crippen molar-refractivity contribution in [2.75, 3.05) is 25.6 Å². The van der Waals surface area contributed by atoms with Gasteiger partial charge in [0.05, 0.1) is 19.3 Å². The number of nitrogen functional groups attached to an aromatic ring is 1. The molecule has 0 radical (unpaired) electrons. The van der Waals surface area contributed by atoms with Crippen molar-refractivity contribution >= 4 is 33.4 Å². The number of allylic oxidation sites excluding steroid dienone is 8. The summed E-state index contributed by atoms with van der Waals surface area (Å²) in [6, 6.07) is 1.24. The zero-order chi connectivity index (χ0) is 52.2. The number of hydrogen-bond acceptors (Lipinski definition) is 16. The molecule has 1 saturated heterocycles. The molecule has 2 unspecified atom stereocenters. The number of ether oxygens (including phenoxy) is 3. The van der Waals surface area contributed by atoms with E-state index in [1.165, 1.54) is 57.4 Å². The van der Waals surface area contributed by atoms with Crippen molar-refractivity contribution in [3.8, 4) is 0 Å². The first-order valence-electron chi connectivity index (χ1n) is 25.4. The van der Waals surface area contributed by atoms with Gasteiger partial charge in [-0.05, 0) is 76.7 Å². The minimum Gasteiger partial charge on any atom is -0.462 e. The summed E-state index contributed by atoms with van der Waals surface area (Å²) in [6.45, 7) is 1.97. The quantitative estimate of drug-likeness (QED) is 0.0117. The molecule has 0 saturated carbocycles. The molecule has 0 amide bonds. The van der Waals surface area contributed by atoms with Crippen LogP contribution in [-0.2, 0) is 46.3 Å². The van der Waals surface area contributed by atoms with Crippen molar-refractivity contribution in [2.24, 2.45) is 0 Å². The molecule has 71 heavy (non-hydrogen) atoms. The number of nitrogens with two attached hydrogens (primary N) is 1. The minimum atomic E-state index is -5.45. The summed E-state index contributed by atoms with van der Waals surface area (Å²) >= 11 is 0. The van der Waals surface area contributed by atoms with Crippen LogP contribution in [0.5, 0.6) is 0 Å². The second-order valence-electron chi connectivity index (χ2n) is 17.5. The summed E-state index contributed by atoms with van der Waals surface area (Å²) in [5.41, 5.74) is 4.58. The fourth-order valence-corrected chi connectivity index (χ4v) is 9.26. The highest BCUT2D eigenvalue weighted by molar-refractivity contribution is 7.61. The number of anilines is 1. The molecule has 2 heterocycles. The Morgan fingerprint density at radius 3 is 2.01 bits per heavy atom. The van der Waals surface area contributed by atoms with Crippen LogP contribution in [-0.4, -0.2) is 96.9 Å². The maximum absolute atomic E-state index is 12.9. The Balaban J connectivity index is 1.85. The number of carbonyl (C=O) groups is 2. The van der Waals surface area contributed by atoms with Gasteiger partial charge in [-0.2, -0.15) is 9.29 Å². The molecule has 7 N–H and O–H groups in total. The van der Waals surface area contributed by atoms with Gasteiger partial charge in [-0.15, -0.1) is 0 Å². The van der Waals surface area contributed by atoms with Crippen molar-refractivity contribution in [1.82, 2.24) is 9.55 Å². The summed E-state index contributed by atoms with van der Waals surface area (Å²) in [5, 5.41) is 31.0. The van der Waals surface area contributed by atoms with Gasteiger partial charge >= 0.3 is 33.3 Å². The summed E-state index contributed by atoms with van der Waals surface area (Å²) in [7, 11) is -10.9. The fourth-order valence-electron chi connectivity index (χ4n) is 7.15. The zero-order valence-corrected chi connectivity index (χ0v) is 43.7. The summed E-state index contributed by atoms with van der Waals surface area (Å²) in [6.07, 6.45) is 33.3. The van der Waals surface area contributed by atoms with Gasteiger partial charge in [0.1, 0.15) is 30.7 Å². The van der Waals surface area contributed by atoms with Gasteiger partial charge in [-0.3, -0.25) is 23.2 Å². The van der Waals surface area contributed by atoms with E-state index in [2.05, 4.69) is 41.4 Å². The van der Waals surface area contributed by atoms with Crippen LogP contribution in [0, 0.1) is 0 Å². The van der Waals surface area contributed by atoms with Gasteiger partial charge in [0.15, 0.2) is 12.3 Å². The van der Waals surface area contributed by atoms with E-state index in [1.54, 1.807) is 12.2 Å². The first kappa shape index (κ1) is 63.5. The van der Waals surface area contributed by atoms with Crippen molar-refractivity contribution in [3.05, 3.63) is 83.5 Å². The number of nitrogens with zero attached hydrogens (tertiary/aromatic N) is 2. The number of phosphoric acid groups is 2. The number of hydrogen-bond donors (Lipinski definition) is 6. The lowest BCUT2D eigenvalue weighted by molar-refractivity contribution is -0.161. The van der Waals surface area contributed by atoms with Crippen LogP contribution in [0.25, 0.3) is 0 Å². The molecule has 404 valence electrons. The van der Waals surface area contributed by atoms with Crippen LogP contribution >= 0.6 is 15.6 Å². The molecule has 1 aliphatic heterocycles. The standard InChI is InChI=1S/C50H83N3O16P2/c1-3-5-7-9-11-12-13-14-15-16-17-18-23-27-31-35-46(56)67-42(38-64-45(55)34-30-26-22-20-19-21-25-29-33-41(54)32-28-24-10-8-6-4-2)39-65-70(60,61)69-71(62,63)66-40-43-47(57)48(58)49(68-43)53-37-36-44(51)52-50(53)59/h14-15,20-22,24-25,28-29,33,36-37,41-43,47-49,54,57-58H,3-13,16-19,23,26-27,30-32,34-35,38-40H2,1-2H3,(H,60,61)(H,62,63)(H2,51,52,59)/b15-14-,22-20-,25-21-,28-24-,33-29+/t41-,42-,43-,47-,48-,49-/m1/s1. The number of aromatic nitrogens is 2. The Hall–Kier alpha value is -3.58. The van der Waals surface area contributed by atoms with Gasteiger partial charge < -0.3 is 45.1 Å². The van der Waals surface area contributed by atoms with Crippen molar-refractivity contribution in [1.29, 1.82) is 0 Å². The monoisotopic (exact) mass is 1040 g/mol. The van der Waals surface area contributed by atoms with E-state index in [4.69, 9.17) is 29.0 Å². The second kappa shape index (κ2) is 38.1. The maximum Gasteiger partial charge on any atom is 0.481 e. The summed E-state index contributed by atoms with van der Waals surface area (Å²) in [5.74, 6) is -1.42. The lowest BCUT2D eigenvalue weighted by Gasteiger charge is -2.21. The summed E-state index contributed by atoms with van der Waals surface area (Å²) in [4.78, 5) is 61.9. The van der Waals surface area contributed by atoms with Gasteiger partial charge in [-0.1, -0.05) is 139 Å². The van der Waals surface area contributed by atoms with Gasteiger partial charge in [-0.25, -0.2) is 13.9 Å². The van der Waals surface area contributed by atoms with Crippen LogP contribution in [0.1, 0.15) is 168 Å². The third-order valence-corrected chi connectivity index (χ3v) is 13.8. The van der Waals surface area contributed by atoms with E-state index in [1.807, 2.05) is 30.4 Å². The van der Waals surface area contributed by atoms with E-state index >= 15 is 0 Å². The zero-order valence-electron chi connectivity index (χ0n) is 41.9. The average Bonchev–Trinajstić information content (AvgIpc) is 3.60. The highest BCUT2D eigenvalue weighted by atomic mass is 31.3. The molecule has 19 nitrogen and oxygen atoms in total. The smallest absolute Gasteiger partial charge is 0.462 e. The first-order valence-corrected chi connectivity index (χ1v) is 28.4. The van der Waals surface area contributed by atoms with E-state index in [-0.39, 0.29) is 18.7 Å². The highest BCUT2D eigenvalue weighted by Crippen LogP contribution is 2.60. The molecule has 21 heteroatoms. The Morgan fingerprint density at radius 2 is 1.32 bits per heavy atom. The number of rotatable bonds is 41. The lowest BCUT2D eigenvalue weighted by Crippen LogP contribution is -2.36. The third kappa shape index (κ3) is 30.9. The van der Waals surface area contributed by atoms with Crippen molar-refractivity contribution < 1.29 is 71.4 Å². The van der Waals surface area contributed by atoms with Gasteiger partial charge in [0.25, 0.3) is 0 Å². The molecule has 8 atom stereocenters. The molecule has 1 aliphatic rings. The average molecular weight is 1040 g/mol. The predicted molar refractivity (Wildman–Crippen MR) is 272 cm³/mol. The maximum atomic E-state index is 12.9. The van der Waals surface area contributed by atoms with E-state index in [0.717, 1.165) is 62.1 Å². The van der Waals surface area contributed by atoms with Crippen LogP contribution in [0.3, 0.4) is 0 Å². The largest absolute Gasteiger partial charge is 0.481 e. The number of aliphatic hydroxyl groups excluding tert-OH is 3. The number of carbonyl (C=O) groups excluding carboxylic acids is 2. The van der Waals surface area contributed by atoms with Gasteiger partial charge in [0, 0.05) is 19.0 Å². The molecule has 2 rings (SSSR count). The van der Waals surface area contributed by atoms with Crippen LogP contribution in [0.2, 0.25) is 0 Å². The Bertz CT molecular complexity index is 1940. The SMILES string of the molecule is CCCCC/C=C\C[C@@H](O)/C=C/C=C\C/C=C\CCCC(=O)OC[C@H](COP(=O)(O)OP(=O)(O)OC[C@H]1O[C@@H](n2ccc(N)nc2=O)[C@H](O)[C@@H]1O)OC(=O)CCCCCCC/C=C\CCCCCCCC. The lowest BCUT2D eigenvalue weighted by atomic mass is 10.1. The van der Waals surface area contributed by atoms with E-state index in [0.29, 0.717) is 32.1 Å². The van der Waals surface area contributed by atoms with E-state index in [9.17, 15) is 48.6 Å². The van der Waals surface area contributed by atoms with Crippen LogP contribution in [0.15, 0.2) is 77.8 Å². The Morgan fingerprint density at radius 1 is 0.746 bits per heavy atom. The highest BCUT2D eigenvalue weighted by Gasteiger charge is 2.46. The fraction of sp³-hybridized carbons (Fsp3) is 0.680. The second-order valence-corrected chi connectivity index (χ2v) is 20.6. The third-order valence-electron chi connectivity index (χ3n) is 11.2. The number of phosphoric ester groups is 2. The molecule has 0 aromatic carbocycles. The summed E-state index contributed by atoms with van der Waals surface area (Å²) < 4.78 is 56.6. The van der Waals surface area contributed by atoms with Crippen LogP contribution in [0.4, 0.5) is 5.82 Å². The van der Waals surface area contributed by atoms with Crippen molar-refractivity contribution in [3.63, 3.8) is 0 Å². The van der Waals surface area contributed by atoms with Crippen molar-refractivity contribution in [2.45, 2.75) is 198 Å². The normalized spacial score (nSPS) is 20.1. The van der Waals surface area contributed by atoms with Crippen LogP contribution < -0.4 is 11.4 Å². The Labute approximate surface area is 420 Å². The number of aliphatic hydroxyl groups is 3.